The van der Waals surface area contributed by atoms with Crippen LogP contribution in [0.15, 0.2) is 10.6 Å². The average molecular weight is 198 g/mol. The molecule has 0 saturated carbocycles. The van der Waals surface area contributed by atoms with E-state index < -0.39 is 5.97 Å². The SMILES string of the molecule is CC(C)NCCc1ncc(C(=O)O)o1. The molecule has 1 aromatic rings. The summed E-state index contributed by atoms with van der Waals surface area (Å²) in [7, 11) is 0. The molecule has 0 amide bonds. The molecule has 0 aliphatic carbocycles. The summed E-state index contributed by atoms with van der Waals surface area (Å²) in [6.45, 7) is 4.81. The summed E-state index contributed by atoms with van der Waals surface area (Å²) in [4.78, 5) is 14.3. The number of carboxylic acids is 1. The van der Waals surface area contributed by atoms with E-state index in [0.717, 1.165) is 6.54 Å². The Labute approximate surface area is 82.1 Å². The first-order chi connectivity index (χ1) is 6.59. The van der Waals surface area contributed by atoms with E-state index in [0.29, 0.717) is 18.4 Å². The van der Waals surface area contributed by atoms with Crippen molar-refractivity contribution in [1.29, 1.82) is 0 Å². The molecular weight excluding hydrogens is 184 g/mol. The maximum atomic E-state index is 10.4. The van der Waals surface area contributed by atoms with Crippen molar-refractivity contribution in [3.05, 3.63) is 17.8 Å². The summed E-state index contributed by atoms with van der Waals surface area (Å²) in [6, 6.07) is 0.406. The number of aromatic nitrogens is 1. The van der Waals surface area contributed by atoms with E-state index >= 15 is 0 Å². The van der Waals surface area contributed by atoms with Crippen LogP contribution in [0, 0.1) is 0 Å². The molecule has 5 heteroatoms. The number of hydrogen-bond acceptors (Lipinski definition) is 4. The highest BCUT2D eigenvalue weighted by atomic mass is 16.4. The molecule has 0 aliphatic heterocycles. The summed E-state index contributed by atoms with van der Waals surface area (Å²) in [5.41, 5.74) is 0. The van der Waals surface area contributed by atoms with Gasteiger partial charge in [0.05, 0.1) is 6.20 Å². The second-order valence-electron chi connectivity index (χ2n) is 3.28. The van der Waals surface area contributed by atoms with E-state index in [-0.39, 0.29) is 5.76 Å². The summed E-state index contributed by atoms with van der Waals surface area (Å²) >= 11 is 0. The minimum Gasteiger partial charge on any atom is -0.475 e. The van der Waals surface area contributed by atoms with Crippen molar-refractivity contribution >= 4 is 5.97 Å². The third kappa shape index (κ3) is 3.18. The highest BCUT2D eigenvalue weighted by molar-refractivity contribution is 5.83. The first kappa shape index (κ1) is 10.7. The third-order valence-electron chi connectivity index (χ3n) is 1.66. The molecule has 0 unspecified atom stereocenters. The summed E-state index contributed by atoms with van der Waals surface area (Å²) in [5.74, 6) is -0.735. The lowest BCUT2D eigenvalue weighted by molar-refractivity contribution is 0.0660. The molecule has 0 bridgehead atoms. The molecule has 0 spiro atoms. The molecule has 2 N–H and O–H groups in total. The van der Waals surface area contributed by atoms with Crippen LogP contribution in [-0.4, -0.2) is 28.6 Å². The van der Waals surface area contributed by atoms with Gasteiger partial charge in [0.15, 0.2) is 5.89 Å². The molecule has 14 heavy (non-hydrogen) atoms. The molecule has 0 aliphatic rings. The molecule has 0 atom stereocenters. The lowest BCUT2D eigenvalue weighted by Gasteiger charge is -2.04. The minimum absolute atomic E-state index is 0.107. The summed E-state index contributed by atoms with van der Waals surface area (Å²) < 4.78 is 4.98. The van der Waals surface area contributed by atoms with Gasteiger partial charge in [-0.2, -0.15) is 0 Å². The standard InChI is InChI=1S/C9H14N2O3/c1-6(2)10-4-3-8-11-5-7(14-8)9(12)13/h5-6,10H,3-4H2,1-2H3,(H,12,13). The van der Waals surface area contributed by atoms with Gasteiger partial charge in [-0.05, 0) is 0 Å². The maximum Gasteiger partial charge on any atom is 0.373 e. The molecule has 0 saturated heterocycles. The number of rotatable bonds is 5. The van der Waals surface area contributed by atoms with Crippen LogP contribution < -0.4 is 5.32 Å². The fourth-order valence-electron chi connectivity index (χ4n) is 0.992. The maximum absolute atomic E-state index is 10.4. The second kappa shape index (κ2) is 4.76. The van der Waals surface area contributed by atoms with Crippen LogP contribution in [0.25, 0.3) is 0 Å². The third-order valence-corrected chi connectivity index (χ3v) is 1.66. The number of hydrogen-bond donors (Lipinski definition) is 2. The normalized spacial score (nSPS) is 10.8. The van der Waals surface area contributed by atoms with Gasteiger partial charge in [0.1, 0.15) is 0 Å². The first-order valence-electron chi connectivity index (χ1n) is 4.51. The van der Waals surface area contributed by atoms with Gasteiger partial charge in [-0.15, -0.1) is 0 Å². The molecule has 1 heterocycles. The van der Waals surface area contributed by atoms with Gasteiger partial charge in [0.2, 0.25) is 5.76 Å². The van der Waals surface area contributed by atoms with E-state index in [4.69, 9.17) is 9.52 Å². The number of nitrogens with zero attached hydrogens (tertiary/aromatic N) is 1. The smallest absolute Gasteiger partial charge is 0.373 e. The predicted molar refractivity (Wildman–Crippen MR) is 50.3 cm³/mol. The predicted octanol–water partition coefficient (Wildman–Crippen LogP) is 0.913. The Morgan fingerprint density at radius 3 is 2.93 bits per heavy atom. The number of oxazole rings is 1. The number of aromatic carboxylic acids is 1. The van der Waals surface area contributed by atoms with Gasteiger partial charge in [0, 0.05) is 19.0 Å². The van der Waals surface area contributed by atoms with Crippen LogP contribution in [-0.2, 0) is 6.42 Å². The Morgan fingerprint density at radius 1 is 1.71 bits per heavy atom. The Bertz CT molecular complexity index is 307. The molecule has 0 fully saturated rings. The zero-order chi connectivity index (χ0) is 10.6. The van der Waals surface area contributed by atoms with E-state index in [2.05, 4.69) is 10.3 Å². The van der Waals surface area contributed by atoms with Crippen molar-refractivity contribution in [2.45, 2.75) is 26.3 Å². The summed E-state index contributed by atoms with van der Waals surface area (Å²) in [5, 5.41) is 11.7. The van der Waals surface area contributed by atoms with Gasteiger partial charge < -0.3 is 14.8 Å². The van der Waals surface area contributed by atoms with Crippen LogP contribution in [0.3, 0.4) is 0 Å². The first-order valence-corrected chi connectivity index (χ1v) is 4.51. The zero-order valence-electron chi connectivity index (χ0n) is 8.28. The summed E-state index contributed by atoms with van der Waals surface area (Å²) in [6.07, 6.45) is 1.83. The number of nitrogens with one attached hydrogen (secondary N) is 1. The van der Waals surface area contributed by atoms with E-state index in [1.54, 1.807) is 0 Å². The highest BCUT2D eigenvalue weighted by Gasteiger charge is 2.09. The van der Waals surface area contributed by atoms with Gasteiger partial charge in [-0.3, -0.25) is 0 Å². The van der Waals surface area contributed by atoms with Gasteiger partial charge in [-0.1, -0.05) is 13.8 Å². The molecule has 1 aromatic heterocycles. The Balaban J connectivity index is 2.40. The molecule has 0 radical (unpaired) electrons. The molecule has 78 valence electrons. The highest BCUT2D eigenvalue weighted by Crippen LogP contribution is 2.03. The van der Waals surface area contributed by atoms with Crippen LogP contribution in [0.1, 0.15) is 30.3 Å². The largest absolute Gasteiger partial charge is 0.475 e. The van der Waals surface area contributed by atoms with E-state index in [9.17, 15) is 4.79 Å². The van der Waals surface area contributed by atoms with Crippen LogP contribution >= 0.6 is 0 Å². The minimum atomic E-state index is -1.08. The topological polar surface area (TPSA) is 75.4 Å². The van der Waals surface area contributed by atoms with Crippen LogP contribution in [0.5, 0.6) is 0 Å². The Kier molecular flexibility index (Phi) is 3.64. The van der Waals surface area contributed by atoms with Crippen LogP contribution in [0.2, 0.25) is 0 Å². The van der Waals surface area contributed by atoms with Crippen molar-refractivity contribution < 1.29 is 14.3 Å². The molecule has 0 aromatic carbocycles. The van der Waals surface area contributed by atoms with Gasteiger partial charge >= 0.3 is 5.97 Å². The van der Waals surface area contributed by atoms with E-state index in [1.165, 1.54) is 6.20 Å². The van der Waals surface area contributed by atoms with Crippen molar-refractivity contribution in [3.63, 3.8) is 0 Å². The lowest BCUT2D eigenvalue weighted by atomic mass is 10.3. The zero-order valence-corrected chi connectivity index (χ0v) is 8.28. The van der Waals surface area contributed by atoms with Gasteiger partial charge in [0.25, 0.3) is 0 Å². The number of carboxylic acid groups (broad SMARTS) is 1. The van der Waals surface area contributed by atoms with Crippen molar-refractivity contribution in [3.8, 4) is 0 Å². The van der Waals surface area contributed by atoms with Crippen LogP contribution in [0.4, 0.5) is 0 Å². The van der Waals surface area contributed by atoms with Gasteiger partial charge in [-0.25, -0.2) is 9.78 Å². The molecular formula is C9H14N2O3. The molecule has 1 rings (SSSR count). The average Bonchev–Trinajstić information content (AvgIpc) is 2.52. The fraction of sp³-hybridized carbons (Fsp3) is 0.556. The Hall–Kier alpha value is -1.36. The van der Waals surface area contributed by atoms with Crippen molar-refractivity contribution in [2.75, 3.05) is 6.54 Å². The number of carbonyl (C=O) groups is 1. The quantitative estimate of drug-likeness (QED) is 0.735. The lowest BCUT2D eigenvalue weighted by Crippen LogP contribution is -2.24. The second-order valence-corrected chi connectivity index (χ2v) is 3.28. The van der Waals surface area contributed by atoms with Crippen molar-refractivity contribution in [1.82, 2.24) is 10.3 Å². The monoisotopic (exact) mass is 198 g/mol. The van der Waals surface area contributed by atoms with E-state index in [1.807, 2.05) is 13.8 Å². The molecule has 5 nitrogen and oxygen atoms in total. The van der Waals surface area contributed by atoms with Crippen molar-refractivity contribution in [2.24, 2.45) is 0 Å². The Morgan fingerprint density at radius 2 is 2.43 bits per heavy atom. The fourth-order valence-corrected chi connectivity index (χ4v) is 0.992.